The van der Waals surface area contributed by atoms with Crippen LogP contribution in [-0.4, -0.2) is 29.2 Å². The highest BCUT2D eigenvalue weighted by Gasteiger charge is 2.21. The average molecular weight is 275 g/mol. The van der Waals surface area contributed by atoms with Gasteiger partial charge in [0.2, 0.25) is 0 Å². The number of aliphatic hydroxyl groups excluding tert-OH is 1. The van der Waals surface area contributed by atoms with Crippen LogP contribution >= 0.6 is 0 Å². The summed E-state index contributed by atoms with van der Waals surface area (Å²) >= 11 is 0. The summed E-state index contributed by atoms with van der Waals surface area (Å²) in [6.45, 7) is 3.71. The Labute approximate surface area is 120 Å². The van der Waals surface area contributed by atoms with Gasteiger partial charge >= 0.3 is 0 Å². The van der Waals surface area contributed by atoms with Crippen LogP contribution in [0.2, 0.25) is 0 Å². The lowest BCUT2D eigenvalue weighted by atomic mass is 10.1. The molecule has 1 fully saturated rings. The molecule has 1 saturated carbocycles. The molecule has 108 valence electrons. The van der Waals surface area contributed by atoms with E-state index in [1.54, 1.807) is 6.07 Å². The van der Waals surface area contributed by atoms with Crippen LogP contribution in [0.5, 0.6) is 0 Å². The molecular weight excluding hydrogens is 253 g/mol. The van der Waals surface area contributed by atoms with E-state index in [-0.39, 0.29) is 12.4 Å². The van der Waals surface area contributed by atoms with Crippen molar-refractivity contribution in [2.24, 2.45) is 0 Å². The summed E-state index contributed by atoms with van der Waals surface area (Å²) in [5, 5.41) is 8.72. The summed E-state index contributed by atoms with van der Waals surface area (Å²) in [4.78, 5) is 2.42. The minimum absolute atomic E-state index is 0.199. The Kier molecular flexibility index (Phi) is 5.58. The summed E-state index contributed by atoms with van der Waals surface area (Å²) in [6.07, 6.45) is 5.11. The van der Waals surface area contributed by atoms with E-state index in [0.29, 0.717) is 11.6 Å². The van der Waals surface area contributed by atoms with Crippen molar-refractivity contribution in [3.05, 3.63) is 35.1 Å². The highest BCUT2D eigenvalue weighted by atomic mass is 19.1. The lowest BCUT2D eigenvalue weighted by Gasteiger charge is -2.27. The van der Waals surface area contributed by atoms with E-state index in [0.717, 1.165) is 18.7 Å². The summed E-state index contributed by atoms with van der Waals surface area (Å²) in [5.74, 6) is 5.09. The van der Waals surface area contributed by atoms with Gasteiger partial charge in [0.25, 0.3) is 0 Å². The number of benzene rings is 1. The maximum absolute atomic E-state index is 13.6. The molecule has 0 saturated heterocycles. The number of hydrogen-bond acceptors (Lipinski definition) is 2. The SMILES string of the molecule is CCN(Cc1cc(F)cc(C#CCO)c1)C1CCCC1. The molecule has 0 aromatic heterocycles. The number of nitrogens with zero attached hydrogens (tertiary/aromatic N) is 1. The van der Waals surface area contributed by atoms with Gasteiger partial charge in [0, 0.05) is 18.2 Å². The molecule has 1 aromatic rings. The van der Waals surface area contributed by atoms with Crippen LogP contribution in [0.1, 0.15) is 43.7 Å². The van der Waals surface area contributed by atoms with Gasteiger partial charge in [0.05, 0.1) is 0 Å². The molecular formula is C17H22FNO. The van der Waals surface area contributed by atoms with Crippen LogP contribution < -0.4 is 0 Å². The summed E-state index contributed by atoms with van der Waals surface area (Å²) in [7, 11) is 0. The Morgan fingerprint density at radius 1 is 1.30 bits per heavy atom. The first-order valence-corrected chi connectivity index (χ1v) is 7.36. The Morgan fingerprint density at radius 3 is 2.70 bits per heavy atom. The first-order valence-electron chi connectivity index (χ1n) is 7.36. The highest BCUT2D eigenvalue weighted by molar-refractivity contribution is 5.37. The highest BCUT2D eigenvalue weighted by Crippen LogP contribution is 2.25. The van der Waals surface area contributed by atoms with Crippen molar-refractivity contribution in [3.63, 3.8) is 0 Å². The lowest BCUT2D eigenvalue weighted by Crippen LogP contribution is -2.32. The fourth-order valence-corrected chi connectivity index (χ4v) is 2.96. The molecule has 0 spiro atoms. The molecule has 0 amide bonds. The zero-order valence-corrected chi connectivity index (χ0v) is 12.0. The van der Waals surface area contributed by atoms with Gasteiger partial charge in [-0.15, -0.1) is 0 Å². The quantitative estimate of drug-likeness (QED) is 0.854. The third kappa shape index (κ3) is 4.06. The van der Waals surface area contributed by atoms with Gasteiger partial charge < -0.3 is 5.11 Å². The van der Waals surface area contributed by atoms with Crippen LogP contribution in [0.15, 0.2) is 18.2 Å². The second-order valence-electron chi connectivity index (χ2n) is 5.31. The molecule has 3 heteroatoms. The smallest absolute Gasteiger partial charge is 0.124 e. The van der Waals surface area contributed by atoms with Crippen molar-refractivity contribution in [2.75, 3.05) is 13.2 Å². The van der Waals surface area contributed by atoms with Crippen molar-refractivity contribution in [2.45, 2.75) is 45.2 Å². The molecule has 1 aromatic carbocycles. The monoisotopic (exact) mass is 275 g/mol. The van der Waals surface area contributed by atoms with Crippen LogP contribution in [-0.2, 0) is 6.54 Å². The van der Waals surface area contributed by atoms with Crippen molar-refractivity contribution in [3.8, 4) is 11.8 Å². The fourth-order valence-electron chi connectivity index (χ4n) is 2.96. The molecule has 20 heavy (non-hydrogen) atoms. The Balaban J connectivity index is 2.12. The van der Waals surface area contributed by atoms with Crippen LogP contribution in [0, 0.1) is 17.7 Å². The van der Waals surface area contributed by atoms with Gasteiger partial charge in [0.1, 0.15) is 12.4 Å². The summed E-state index contributed by atoms with van der Waals surface area (Å²) in [5.41, 5.74) is 1.59. The molecule has 0 radical (unpaired) electrons. The van der Waals surface area contributed by atoms with Gasteiger partial charge in [-0.05, 0) is 43.1 Å². The van der Waals surface area contributed by atoms with E-state index in [1.165, 1.54) is 31.7 Å². The minimum Gasteiger partial charge on any atom is -0.384 e. The minimum atomic E-state index is -0.257. The summed E-state index contributed by atoms with van der Waals surface area (Å²) in [6, 6.07) is 5.55. The van der Waals surface area contributed by atoms with Gasteiger partial charge in [-0.2, -0.15) is 0 Å². The molecule has 1 N–H and O–H groups in total. The normalized spacial score (nSPS) is 15.4. The van der Waals surface area contributed by atoms with Crippen molar-refractivity contribution in [1.29, 1.82) is 0 Å². The first-order chi connectivity index (χ1) is 9.72. The molecule has 1 aliphatic carbocycles. The average Bonchev–Trinajstić information content (AvgIpc) is 2.96. The van der Waals surface area contributed by atoms with Gasteiger partial charge in [-0.25, -0.2) is 4.39 Å². The topological polar surface area (TPSA) is 23.5 Å². The Hall–Kier alpha value is -1.37. The number of hydrogen-bond donors (Lipinski definition) is 1. The standard InChI is InChI=1S/C17H22FNO/c1-2-19(17-7-3-4-8-17)13-15-10-14(6-5-9-20)11-16(18)12-15/h10-12,17,20H,2-4,7-9,13H2,1H3. The second-order valence-corrected chi connectivity index (χ2v) is 5.31. The van der Waals surface area contributed by atoms with Gasteiger partial charge in [-0.1, -0.05) is 31.6 Å². The molecule has 0 unspecified atom stereocenters. The molecule has 0 atom stereocenters. The van der Waals surface area contributed by atoms with E-state index >= 15 is 0 Å². The van der Waals surface area contributed by atoms with Crippen LogP contribution in [0.4, 0.5) is 4.39 Å². The number of rotatable bonds is 4. The maximum Gasteiger partial charge on any atom is 0.124 e. The first kappa shape index (κ1) is 15.0. The number of aliphatic hydroxyl groups is 1. The largest absolute Gasteiger partial charge is 0.384 e. The predicted octanol–water partition coefficient (Wildman–Crippen LogP) is 2.93. The van der Waals surface area contributed by atoms with Crippen LogP contribution in [0.3, 0.4) is 0 Å². The summed E-state index contributed by atoms with van der Waals surface area (Å²) < 4.78 is 13.6. The maximum atomic E-state index is 13.6. The predicted molar refractivity (Wildman–Crippen MR) is 78.7 cm³/mol. The third-order valence-electron chi connectivity index (χ3n) is 3.90. The molecule has 1 aliphatic rings. The number of halogens is 1. The fraction of sp³-hybridized carbons (Fsp3) is 0.529. The van der Waals surface area contributed by atoms with E-state index in [4.69, 9.17) is 5.11 Å². The molecule has 0 aliphatic heterocycles. The van der Waals surface area contributed by atoms with E-state index < -0.39 is 0 Å². The molecule has 0 bridgehead atoms. The van der Waals surface area contributed by atoms with Crippen LogP contribution in [0.25, 0.3) is 0 Å². The van der Waals surface area contributed by atoms with E-state index in [2.05, 4.69) is 23.7 Å². The Morgan fingerprint density at radius 2 is 2.05 bits per heavy atom. The second kappa shape index (κ2) is 7.42. The van der Waals surface area contributed by atoms with Crippen molar-refractivity contribution in [1.82, 2.24) is 4.90 Å². The third-order valence-corrected chi connectivity index (χ3v) is 3.90. The van der Waals surface area contributed by atoms with E-state index in [9.17, 15) is 4.39 Å². The van der Waals surface area contributed by atoms with Crippen molar-refractivity contribution < 1.29 is 9.50 Å². The van der Waals surface area contributed by atoms with Gasteiger partial charge in [-0.3, -0.25) is 4.90 Å². The molecule has 2 rings (SSSR count). The lowest BCUT2D eigenvalue weighted by molar-refractivity contribution is 0.200. The van der Waals surface area contributed by atoms with Gasteiger partial charge in [0.15, 0.2) is 0 Å². The van der Waals surface area contributed by atoms with E-state index in [1.807, 2.05) is 6.07 Å². The van der Waals surface area contributed by atoms with Crippen molar-refractivity contribution >= 4 is 0 Å². The zero-order valence-electron chi connectivity index (χ0n) is 12.0. The molecule has 0 heterocycles. The molecule has 2 nitrogen and oxygen atoms in total. The Bertz CT molecular complexity index is 497. The zero-order chi connectivity index (χ0) is 14.4.